The van der Waals surface area contributed by atoms with Crippen molar-refractivity contribution in [2.45, 2.75) is 72.1 Å². The highest BCUT2D eigenvalue weighted by molar-refractivity contribution is 7.23. The van der Waals surface area contributed by atoms with Crippen LogP contribution in [0.2, 0.25) is 0 Å². The topological polar surface area (TPSA) is 141 Å². The second kappa shape index (κ2) is 18.2. The number of ether oxygens (including phenoxy) is 4. The number of aromatic nitrogens is 2. The summed E-state index contributed by atoms with van der Waals surface area (Å²) >= 11 is 16.6. The van der Waals surface area contributed by atoms with Crippen molar-refractivity contribution in [2.24, 2.45) is 0 Å². The fraction of sp³-hybridized carbons (Fsp3) is 0.381. The number of anilines is 2. The molecule has 0 spiro atoms. The van der Waals surface area contributed by atoms with E-state index in [4.69, 9.17) is 57.9 Å². The maximum Gasteiger partial charge on any atom is 0.248 e. The summed E-state index contributed by atoms with van der Waals surface area (Å²) in [6, 6.07) is 8.95. The maximum atomic E-state index is 12.1. The van der Waals surface area contributed by atoms with E-state index in [0.29, 0.717) is 18.0 Å². The van der Waals surface area contributed by atoms with E-state index >= 15 is 0 Å². The molecule has 4 aliphatic heterocycles. The first-order chi connectivity index (χ1) is 28.9. The second-order valence-electron chi connectivity index (χ2n) is 15.0. The predicted octanol–water partition coefficient (Wildman–Crippen LogP) is 10.1. The zero-order chi connectivity index (χ0) is 42.2. The van der Waals surface area contributed by atoms with Gasteiger partial charge in [0.25, 0.3) is 0 Å². The number of carbonyl (C=O) groups excluding carboxylic acids is 2. The Bertz CT molecular complexity index is 2520. The highest BCUT2D eigenvalue weighted by Crippen LogP contribution is 2.49. The summed E-state index contributed by atoms with van der Waals surface area (Å²) in [5, 5.41) is 6.30. The Kier molecular flexibility index (Phi) is 12.9. The summed E-state index contributed by atoms with van der Waals surface area (Å²) < 4.78 is 24.1. The number of nitrogens with zero attached hydrogens (tertiary/aromatic N) is 4. The van der Waals surface area contributed by atoms with Gasteiger partial charge in [0.1, 0.15) is 15.0 Å². The van der Waals surface area contributed by atoms with Crippen LogP contribution in [0.25, 0.3) is 41.6 Å². The molecule has 316 valence electrons. The molecule has 60 heavy (non-hydrogen) atoms. The van der Waals surface area contributed by atoms with Crippen LogP contribution < -0.4 is 30.0 Å². The number of benzene rings is 2. The van der Waals surface area contributed by atoms with Crippen molar-refractivity contribution in [3.8, 4) is 44.1 Å². The average Bonchev–Trinajstić information content (AvgIpc) is 4.07. The lowest BCUT2D eigenvalue weighted by molar-refractivity contribution is -0.112. The van der Waals surface area contributed by atoms with Gasteiger partial charge in [-0.1, -0.05) is 6.58 Å². The minimum atomic E-state index is -0.370. The van der Waals surface area contributed by atoms with Crippen LogP contribution in [0.5, 0.6) is 23.0 Å². The lowest BCUT2D eigenvalue weighted by Crippen LogP contribution is -2.35. The standard InChI is InChI=1S/C21H21N3O3S2.C18H19N3O2S2.C3H4Cl2O/c1-4-18(25)23-21-19(12-5-6-24(11(2)3)9-17(12)29-21)20-22-13-7-14-15(27-10-26-14)8-16(13)28-20;1-9(2)21-4-3-10-15(7-21)24-17(19)16(10)18-20-11-5-12-13(23-8-22-12)6-14(11)25-18;4-2-1-3(5)6/h4,7-8,11H,1,5-6,9-10H2,2-3H3,(H,23,25);5-6,9H,3-4,7-8,19H2,1-2H3;1-2H2. The van der Waals surface area contributed by atoms with Gasteiger partial charge in [-0.25, -0.2) is 9.97 Å². The third-order valence-corrected chi connectivity index (χ3v) is 15.2. The first kappa shape index (κ1) is 42.7. The van der Waals surface area contributed by atoms with Gasteiger partial charge >= 0.3 is 0 Å². The second-order valence-corrected chi connectivity index (χ2v) is 20.1. The first-order valence-corrected chi connectivity index (χ1v) is 23.7. The van der Waals surface area contributed by atoms with Crippen LogP contribution in [0, 0.1) is 0 Å². The minimum absolute atomic E-state index is 0.201. The van der Waals surface area contributed by atoms with Crippen LogP contribution in [0.3, 0.4) is 0 Å². The van der Waals surface area contributed by atoms with E-state index in [9.17, 15) is 9.59 Å². The van der Waals surface area contributed by atoms with Gasteiger partial charge in [-0.2, -0.15) is 0 Å². The number of alkyl halides is 1. The van der Waals surface area contributed by atoms with Crippen molar-refractivity contribution >= 4 is 110 Å². The molecule has 4 aromatic heterocycles. The van der Waals surface area contributed by atoms with Gasteiger partial charge in [-0.05, 0) is 69.3 Å². The SMILES string of the molecule is C=CC(=O)Nc1sc2c(c1-c1nc3cc4c(cc3s1)OCO4)CCN(C(C)C)C2.CC(C)N1CCc2c(sc(N)c2-c2nc3cc4c(cc3s2)OCO4)C1.O=C(Cl)CCCl. The smallest absolute Gasteiger partial charge is 0.248 e. The molecular formula is C42H44Cl2N6O6S4. The molecule has 0 aliphatic carbocycles. The lowest BCUT2D eigenvalue weighted by atomic mass is 10.0. The number of fused-ring (bicyclic) bond motifs is 6. The molecule has 0 saturated heterocycles. The summed E-state index contributed by atoms with van der Waals surface area (Å²) in [4.78, 5) is 39.2. The van der Waals surface area contributed by atoms with Crippen molar-refractivity contribution in [1.82, 2.24) is 19.8 Å². The van der Waals surface area contributed by atoms with Gasteiger partial charge < -0.3 is 30.0 Å². The van der Waals surface area contributed by atoms with Crippen molar-refractivity contribution in [1.29, 1.82) is 0 Å². The molecule has 0 saturated carbocycles. The number of halogens is 2. The van der Waals surface area contributed by atoms with Crippen LogP contribution in [0.15, 0.2) is 36.9 Å². The van der Waals surface area contributed by atoms with E-state index < -0.39 is 0 Å². The molecule has 12 nitrogen and oxygen atoms in total. The van der Waals surface area contributed by atoms with Gasteiger partial charge in [-0.3, -0.25) is 19.4 Å². The van der Waals surface area contributed by atoms with Crippen LogP contribution in [-0.4, -0.2) is 75.6 Å². The fourth-order valence-electron chi connectivity index (χ4n) is 7.39. The lowest BCUT2D eigenvalue weighted by Gasteiger charge is -2.30. The van der Waals surface area contributed by atoms with Crippen LogP contribution in [-0.2, 0) is 35.5 Å². The summed E-state index contributed by atoms with van der Waals surface area (Å²) in [5.74, 6) is 3.19. The van der Waals surface area contributed by atoms with Crippen molar-refractivity contribution < 1.29 is 28.5 Å². The Balaban J connectivity index is 0.000000148. The van der Waals surface area contributed by atoms with Crippen molar-refractivity contribution in [2.75, 3.05) is 43.6 Å². The summed E-state index contributed by atoms with van der Waals surface area (Å²) in [5.41, 5.74) is 13.1. The molecule has 0 bridgehead atoms. The van der Waals surface area contributed by atoms with E-state index in [1.54, 1.807) is 45.3 Å². The van der Waals surface area contributed by atoms with Crippen molar-refractivity contribution in [3.63, 3.8) is 0 Å². The zero-order valence-electron chi connectivity index (χ0n) is 33.5. The number of nitrogens with two attached hydrogens (primary N) is 1. The number of thiazole rings is 2. The van der Waals surface area contributed by atoms with E-state index in [2.05, 4.69) is 49.4 Å². The van der Waals surface area contributed by atoms with Crippen LogP contribution in [0.1, 0.15) is 55.0 Å². The highest BCUT2D eigenvalue weighted by atomic mass is 35.5. The fourth-order valence-corrected chi connectivity index (χ4v) is 12.4. The molecule has 1 amide bonds. The molecule has 4 aliphatic rings. The molecule has 10 rings (SSSR count). The number of hydrogen-bond donors (Lipinski definition) is 2. The van der Waals surface area contributed by atoms with E-state index in [1.807, 2.05) is 24.3 Å². The van der Waals surface area contributed by atoms with Gasteiger partial charge in [-0.15, -0.1) is 56.9 Å². The maximum absolute atomic E-state index is 12.1. The zero-order valence-corrected chi connectivity index (χ0v) is 38.3. The highest BCUT2D eigenvalue weighted by Gasteiger charge is 2.30. The summed E-state index contributed by atoms with van der Waals surface area (Å²) in [6.07, 6.45) is 3.56. The molecule has 0 unspecified atom stereocenters. The molecule has 6 aromatic rings. The van der Waals surface area contributed by atoms with Crippen LogP contribution in [0.4, 0.5) is 10.0 Å². The molecule has 0 radical (unpaired) electrons. The number of nitrogens with one attached hydrogen (secondary N) is 1. The monoisotopic (exact) mass is 926 g/mol. The van der Waals surface area contributed by atoms with Gasteiger partial charge in [0.2, 0.25) is 24.7 Å². The molecular weight excluding hydrogens is 884 g/mol. The van der Waals surface area contributed by atoms with Crippen LogP contribution >= 0.6 is 68.5 Å². The molecule has 18 heteroatoms. The average molecular weight is 928 g/mol. The largest absolute Gasteiger partial charge is 0.454 e. The van der Waals surface area contributed by atoms with Gasteiger partial charge in [0.05, 0.1) is 25.4 Å². The number of carbonyl (C=O) groups is 2. The Morgan fingerprint density at radius 2 is 1.28 bits per heavy atom. The van der Waals surface area contributed by atoms with Gasteiger partial charge in [0.15, 0.2) is 23.0 Å². The van der Waals surface area contributed by atoms with E-state index in [0.717, 1.165) is 114 Å². The third kappa shape index (κ3) is 8.84. The number of nitrogen functional groups attached to an aromatic ring is 1. The number of thiophene rings is 2. The van der Waals surface area contributed by atoms with Crippen molar-refractivity contribution in [3.05, 3.63) is 57.8 Å². The third-order valence-electron chi connectivity index (χ3n) is 10.6. The predicted molar refractivity (Wildman–Crippen MR) is 246 cm³/mol. The van der Waals surface area contributed by atoms with E-state index in [1.165, 1.54) is 27.0 Å². The number of hydrogen-bond acceptors (Lipinski definition) is 15. The molecule has 0 fully saturated rings. The van der Waals surface area contributed by atoms with E-state index in [-0.39, 0.29) is 31.2 Å². The Morgan fingerprint density at radius 1 is 0.800 bits per heavy atom. The molecule has 3 N–H and O–H groups in total. The molecule has 8 heterocycles. The Morgan fingerprint density at radius 3 is 1.75 bits per heavy atom. The summed E-state index contributed by atoms with van der Waals surface area (Å²) in [6.45, 7) is 17.0. The summed E-state index contributed by atoms with van der Waals surface area (Å²) in [7, 11) is 0. The quantitative estimate of drug-likeness (QED) is 0.0856. The molecule has 0 atom stereocenters. The minimum Gasteiger partial charge on any atom is -0.454 e. The molecule has 2 aromatic carbocycles. The number of amides is 1. The normalized spacial score (nSPS) is 15.4. The van der Waals surface area contributed by atoms with Gasteiger partial charge in [0, 0.05) is 95.7 Å². The number of rotatable bonds is 8. The Labute approximate surface area is 373 Å². The Hall–Kier alpha value is -4.00. The first-order valence-electron chi connectivity index (χ1n) is 19.5.